The molecule has 1 aromatic carbocycles. The van der Waals surface area contributed by atoms with Crippen molar-refractivity contribution >= 4 is 17.7 Å². The van der Waals surface area contributed by atoms with Gasteiger partial charge in [-0.3, -0.25) is 9.59 Å². The van der Waals surface area contributed by atoms with E-state index >= 15 is 0 Å². The SMILES string of the molecule is COC(=O)[C@H]1C(=O)C2=C(C[C@H]1C)NC(C)=C(C(=O)OCCOC(C)C)[C@H]2c1ccc(F)cc1. The number of dihydropyridines is 1. The van der Waals surface area contributed by atoms with E-state index in [9.17, 15) is 18.8 Å². The largest absolute Gasteiger partial charge is 0.468 e. The molecule has 3 atom stereocenters. The number of rotatable bonds is 7. The summed E-state index contributed by atoms with van der Waals surface area (Å²) in [6.45, 7) is 7.60. The highest BCUT2D eigenvalue weighted by Crippen LogP contribution is 2.45. The van der Waals surface area contributed by atoms with Gasteiger partial charge in [0.2, 0.25) is 0 Å². The molecule has 0 aromatic heterocycles. The molecule has 178 valence electrons. The normalized spacial score (nSPS) is 22.8. The Morgan fingerprint density at radius 3 is 2.45 bits per heavy atom. The summed E-state index contributed by atoms with van der Waals surface area (Å²) in [5, 5.41) is 3.19. The number of hydrogen-bond acceptors (Lipinski definition) is 7. The number of methoxy groups -OCH3 is 1. The summed E-state index contributed by atoms with van der Waals surface area (Å²) < 4.78 is 29.4. The van der Waals surface area contributed by atoms with Crippen LogP contribution in [-0.2, 0) is 28.6 Å². The molecule has 1 aliphatic heterocycles. The first kappa shape index (κ1) is 24.6. The Balaban J connectivity index is 2.02. The first-order valence-corrected chi connectivity index (χ1v) is 11.0. The molecular weight excluding hydrogens is 429 g/mol. The van der Waals surface area contributed by atoms with Gasteiger partial charge in [0.15, 0.2) is 5.78 Å². The fourth-order valence-electron chi connectivity index (χ4n) is 4.44. The lowest BCUT2D eigenvalue weighted by Crippen LogP contribution is -2.43. The van der Waals surface area contributed by atoms with Crippen molar-refractivity contribution in [3.8, 4) is 0 Å². The van der Waals surface area contributed by atoms with Gasteiger partial charge >= 0.3 is 11.9 Å². The quantitative estimate of drug-likeness (QED) is 0.380. The number of halogens is 1. The van der Waals surface area contributed by atoms with Gasteiger partial charge in [-0.1, -0.05) is 19.1 Å². The average Bonchev–Trinajstić information content (AvgIpc) is 2.75. The molecule has 0 bridgehead atoms. The van der Waals surface area contributed by atoms with Crippen LogP contribution in [0.25, 0.3) is 0 Å². The maximum atomic E-state index is 13.7. The summed E-state index contributed by atoms with van der Waals surface area (Å²) >= 11 is 0. The van der Waals surface area contributed by atoms with Crippen LogP contribution in [0.1, 0.15) is 45.6 Å². The van der Waals surface area contributed by atoms with Gasteiger partial charge in [0.1, 0.15) is 18.3 Å². The summed E-state index contributed by atoms with van der Waals surface area (Å²) in [4.78, 5) is 39.1. The monoisotopic (exact) mass is 459 g/mol. The number of Topliss-reactive ketones (excluding diaryl/α,β-unsaturated/α-hetero) is 1. The van der Waals surface area contributed by atoms with Crippen molar-refractivity contribution in [2.75, 3.05) is 20.3 Å². The zero-order valence-electron chi connectivity index (χ0n) is 19.6. The van der Waals surface area contributed by atoms with Gasteiger partial charge in [-0.25, -0.2) is 9.18 Å². The van der Waals surface area contributed by atoms with E-state index < -0.39 is 35.4 Å². The Kier molecular flexibility index (Phi) is 7.68. The molecule has 1 N–H and O–H groups in total. The van der Waals surface area contributed by atoms with Crippen LogP contribution in [0.2, 0.25) is 0 Å². The van der Waals surface area contributed by atoms with Crippen LogP contribution < -0.4 is 5.32 Å². The average molecular weight is 460 g/mol. The topological polar surface area (TPSA) is 90.9 Å². The second kappa shape index (κ2) is 10.3. The fraction of sp³-hybridized carbons (Fsp3) is 0.480. The van der Waals surface area contributed by atoms with Crippen LogP contribution in [0.15, 0.2) is 46.8 Å². The Morgan fingerprint density at radius 1 is 1.18 bits per heavy atom. The standard InChI is InChI=1S/C25H30FNO6/c1-13(2)32-10-11-33-25(30)20-15(4)27-18-12-14(3)19(24(29)31-5)23(28)22(18)21(20)16-6-8-17(26)9-7-16/h6-9,13-14,19,21,27H,10-12H2,1-5H3/t14-,19-,21-/m1/s1. The number of carbonyl (C=O) groups is 3. The molecule has 0 radical (unpaired) electrons. The molecule has 8 heteroatoms. The smallest absolute Gasteiger partial charge is 0.336 e. The predicted octanol–water partition coefficient (Wildman–Crippen LogP) is 3.41. The van der Waals surface area contributed by atoms with Crippen LogP contribution in [0.3, 0.4) is 0 Å². The lowest BCUT2D eigenvalue weighted by atomic mass is 9.69. The number of benzene rings is 1. The molecule has 33 heavy (non-hydrogen) atoms. The van der Waals surface area contributed by atoms with E-state index in [1.165, 1.54) is 31.4 Å². The molecule has 3 rings (SSSR count). The molecule has 0 saturated heterocycles. The van der Waals surface area contributed by atoms with E-state index in [-0.39, 0.29) is 30.8 Å². The lowest BCUT2D eigenvalue weighted by molar-refractivity contribution is -0.151. The maximum Gasteiger partial charge on any atom is 0.336 e. The number of ketones is 1. The molecule has 1 heterocycles. The van der Waals surface area contributed by atoms with Gasteiger partial charge in [0.05, 0.1) is 25.4 Å². The van der Waals surface area contributed by atoms with E-state index in [1.807, 2.05) is 20.8 Å². The van der Waals surface area contributed by atoms with Crippen LogP contribution in [0.4, 0.5) is 4.39 Å². The van der Waals surface area contributed by atoms with Crippen molar-refractivity contribution in [2.45, 2.75) is 46.1 Å². The minimum absolute atomic E-state index is 0.00205. The number of allylic oxidation sites excluding steroid dienone is 3. The minimum Gasteiger partial charge on any atom is -0.468 e. The van der Waals surface area contributed by atoms with E-state index in [0.717, 1.165) is 0 Å². The highest BCUT2D eigenvalue weighted by molar-refractivity contribution is 6.12. The molecule has 7 nitrogen and oxygen atoms in total. The van der Waals surface area contributed by atoms with Gasteiger partial charge < -0.3 is 19.5 Å². The van der Waals surface area contributed by atoms with Gasteiger partial charge in [-0.2, -0.15) is 0 Å². The summed E-state index contributed by atoms with van der Waals surface area (Å²) in [5.41, 5.74) is 2.32. The van der Waals surface area contributed by atoms with Crippen molar-refractivity contribution in [1.29, 1.82) is 0 Å². The van der Waals surface area contributed by atoms with Gasteiger partial charge in [0, 0.05) is 22.9 Å². The number of hydrogen-bond donors (Lipinski definition) is 1. The summed E-state index contributed by atoms with van der Waals surface area (Å²) in [6, 6.07) is 5.63. The highest BCUT2D eigenvalue weighted by Gasteiger charge is 2.47. The molecular formula is C25H30FNO6. The fourth-order valence-corrected chi connectivity index (χ4v) is 4.44. The molecule has 1 aromatic rings. The van der Waals surface area contributed by atoms with Crippen molar-refractivity contribution in [3.05, 3.63) is 58.2 Å². The van der Waals surface area contributed by atoms with E-state index in [4.69, 9.17) is 14.2 Å². The van der Waals surface area contributed by atoms with Gasteiger partial charge in [-0.05, 0) is 50.8 Å². The van der Waals surface area contributed by atoms with Crippen LogP contribution in [-0.4, -0.2) is 44.1 Å². The third kappa shape index (κ3) is 5.16. The Bertz CT molecular complexity index is 995. The highest BCUT2D eigenvalue weighted by atomic mass is 19.1. The zero-order chi connectivity index (χ0) is 24.3. The van der Waals surface area contributed by atoms with Gasteiger partial charge in [-0.15, -0.1) is 0 Å². The number of nitrogens with one attached hydrogen (secondary N) is 1. The van der Waals surface area contributed by atoms with Crippen molar-refractivity contribution in [2.24, 2.45) is 11.8 Å². The third-order valence-corrected chi connectivity index (χ3v) is 5.93. The summed E-state index contributed by atoms with van der Waals surface area (Å²) in [7, 11) is 1.24. The van der Waals surface area contributed by atoms with Crippen molar-refractivity contribution in [1.82, 2.24) is 5.32 Å². The zero-order valence-corrected chi connectivity index (χ0v) is 19.6. The number of carbonyl (C=O) groups excluding carboxylic acids is 3. The van der Waals surface area contributed by atoms with Gasteiger partial charge in [0.25, 0.3) is 0 Å². The summed E-state index contributed by atoms with van der Waals surface area (Å²) in [5.74, 6) is -4.11. The van der Waals surface area contributed by atoms with Crippen molar-refractivity contribution in [3.63, 3.8) is 0 Å². The second-order valence-electron chi connectivity index (χ2n) is 8.64. The van der Waals surface area contributed by atoms with E-state index in [1.54, 1.807) is 6.92 Å². The molecule has 0 saturated carbocycles. The maximum absolute atomic E-state index is 13.7. The Morgan fingerprint density at radius 2 is 1.85 bits per heavy atom. The lowest BCUT2D eigenvalue weighted by Gasteiger charge is -2.38. The molecule has 1 aliphatic carbocycles. The first-order valence-electron chi connectivity index (χ1n) is 11.0. The Hall–Kier alpha value is -3.00. The Labute approximate surface area is 193 Å². The molecule has 2 aliphatic rings. The predicted molar refractivity (Wildman–Crippen MR) is 118 cm³/mol. The first-order chi connectivity index (χ1) is 15.6. The van der Waals surface area contributed by atoms with E-state index in [2.05, 4.69) is 5.32 Å². The molecule has 0 spiro atoms. The van der Waals surface area contributed by atoms with E-state index in [0.29, 0.717) is 29.0 Å². The molecule has 0 fully saturated rings. The van der Waals surface area contributed by atoms with Crippen LogP contribution in [0.5, 0.6) is 0 Å². The molecule has 0 unspecified atom stereocenters. The van der Waals surface area contributed by atoms with Crippen LogP contribution >= 0.6 is 0 Å². The number of ether oxygens (including phenoxy) is 3. The molecule has 0 amide bonds. The van der Waals surface area contributed by atoms with Crippen molar-refractivity contribution < 1.29 is 33.0 Å². The van der Waals surface area contributed by atoms with Crippen LogP contribution in [0, 0.1) is 17.7 Å². The second-order valence-corrected chi connectivity index (χ2v) is 8.64. The minimum atomic E-state index is -0.978. The summed E-state index contributed by atoms with van der Waals surface area (Å²) in [6.07, 6.45) is 0.429. The third-order valence-electron chi connectivity index (χ3n) is 5.93. The number of esters is 2.